The van der Waals surface area contributed by atoms with Crippen molar-refractivity contribution < 1.29 is 4.74 Å². The second-order valence-corrected chi connectivity index (χ2v) is 3.71. The Hall–Kier alpha value is -1.88. The lowest BCUT2D eigenvalue weighted by Crippen LogP contribution is -2.15. The molecule has 0 amide bonds. The fraction of sp³-hybridized carbons (Fsp3) is 0.333. The number of aromatic nitrogens is 3. The van der Waals surface area contributed by atoms with Gasteiger partial charge < -0.3 is 15.0 Å². The highest BCUT2D eigenvalue weighted by Gasteiger charge is 2.08. The molecule has 0 spiro atoms. The van der Waals surface area contributed by atoms with E-state index in [4.69, 9.17) is 10.5 Å². The van der Waals surface area contributed by atoms with Gasteiger partial charge in [-0.15, -0.1) is 10.2 Å². The molecule has 0 aliphatic rings. The van der Waals surface area contributed by atoms with Crippen molar-refractivity contribution in [1.29, 1.82) is 0 Å². The molecule has 0 atom stereocenters. The Morgan fingerprint density at radius 1 is 1.24 bits per heavy atom. The van der Waals surface area contributed by atoms with Crippen LogP contribution in [0.2, 0.25) is 0 Å². The van der Waals surface area contributed by atoms with Crippen molar-refractivity contribution >= 4 is 0 Å². The van der Waals surface area contributed by atoms with Gasteiger partial charge in [-0.3, -0.25) is 0 Å². The summed E-state index contributed by atoms with van der Waals surface area (Å²) in [6.07, 6.45) is 0. The van der Waals surface area contributed by atoms with Crippen LogP contribution in [0, 0.1) is 6.92 Å². The van der Waals surface area contributed by atoms with Crippen LogP contribution >= 0.6 is 0 Å². The van der Waals surface area contributed by atoms with Crippen LogP contribution in [0.4, 0.5) is 0 Å². The molecule has 2 N–H and O–H groups in total. The van der Waals surface area contributed by atoms with E-state index >= 15 is 0 Å². The van der Waals surface area contributed by atoms with Gasteiger partial charge in [-0.1, -0.05) is 18.2 Å². The predicted molar refractivity (Wildman–Crippen MR) is 64.6 cm³/mol. The number of benzene rings is 1. The minimum absolute atomic E-state index is 0.408. The Balaban J connectivity index is 2.04. The Morgan fingerprint density at radius 2 is 2.00 bits per heavy atom. The van der Waals surface area contributed by atoms with Crippen molar-refractivity contribution in [2.24, 2.45) is 5.73 Å². The van der Waals surface area contributed by atoms with Crippen LogP contribution in [0.1, 0.15) is 11.6 Å². The molecule has 0 saturated carbocycles. The van der Waals surface area contributed by atoms with Gasteiger partial charge in [-0.2, -0.15) is 0 Å². The van der Waals surface area contributed by atoms with E-state index in [2.05, 4.69) is 10.2 Å². The van der Waals surface area contributed by atoms with Gasteiger partial charge in [0.25, 0.3) is 0 Å². The number of nitrogens with two attached hydrogens (primary N) is 1. The number of aryl methyl sites for hydroxylation is 1. The maximum absolute atomic E-state index is 5.63. The van der Waals surface area contributed by atoms with Gasteiger partial charge in [0.15, 0.2) is 5.82 Å². The van der Waals surface area contributed by atoms with E-state index in [0.717, 1.165) is 17.4 Å². The second kappa shape index (κ2) is 5.45. The summed E-state index contributed by atoms with van der Waals surface area (Å²) in [5.41, 5.74) is 5.55. The van der Waals surface area contributed by atoms with E-state index in [-0.39, 0.29) is 0 Å². The van der Waals surface area contributed by atoms with E-state index in [9.17, 15) is 0 Å². The average Bonchev–Trinajstić information content (AvgIpc) is 2.70. The van der Waals surface area contributed by atoms with Crippen molar-refractivity contribution in [3.05, 3.63) is 42.0 Å². The van der Waals surface area contributed by atoms with Crippen LogP contribution in [0.3, 0.4) is 0 Å². The fourth-order valence-electron chi connectivity index (χ4n) is 1.62. The zero-order valence-electron chi connectivity index (χ0n) is 9.84. The summed E-state index contributed by atoms with van der Waals surface area (Å²) in [6.45, 7) is 3.60. The monoisotopic (exact) mass is 232 g/mol. The van der Waals surface area contributed by atoms with Gasteiger partial charge in [-0.25, -0.2) is 0 Å². The Morgan fingerprint density at radius 3 is 2.71 bits per heavy atom. The molecule has 0 fully saturated rings. The molecule has 1 aromatic heterocycles. The molecule has 0 saturated heterocycles. The number of para-hydroxylation sites is 1. The van der Waals surface area contributed by atoms with Gasteiger partial charge in [0.2, 0.25) is 0 Å². The van der Waals surface area contributed by atoms with Crippen molar-refractivity contribution in [2.45, 2.75) is 20.1 Å². The van der Waals surface area contributed by atoms with Crippen molar-refractivity contribution in [1.82, 2.24) is 14.8 Å². The second-order valence-electron chi connectivity index (χ2n) is 3.71. The third-order valence-electron chi connectivity index (χ3n) is 2.48. The molecule has 0 aliphatic heterocycles. The molecule has 2 rings (SSSR count). The summed E-state index contributed by atoms with van der Waals surface area (Å²) in [7, 11) is 0. The van der Waals surface area contributed by atoms with Gasteiger partial charge in [0.05, 0.1) is 0 Å². The van der Waals surface area contributed by atoms with Crippen LogP contribution in [0.5, 0.6) is 5.75 Å². The topological polar surface area (TPSA) is 66.0 Å². The predicted octanol–water partition coefficient (Wildman–Crippen LogP) is 1.12. The molecule has 5 heteroatoms. The number of ether oxygens (including phenoxy) is 1. The van der Waals surface area contributed by atoms with Gasteiger partial charge in [0, 0.05) is 13.1 Å². The van der Waals surface area contributed by atoms with Gasteiger partial charge in [0.1, 0.15) is 18.2 Å². The highest BCUT2D eigenvalue weighted by molar-refractivity contribution is 5.21. The van der Waals surface area contributed by atoms with Crippen molar-refractivity contribution in [3.8, 4) is 5.75 Å². The highest BCUT2D eigenvalue weighted by Crippen LogP contribution is 2.11. The first-order chi connectivity index (χ1) is 8.31. The van der Waals surface area contributed by atoms with Crippen molar-refractivity contribution in [3.63, 3.8) is 0 Å². The lowest BCUT2D eigenvalue weighted by molar-refractivity contribution is 0.288. The molecule has 2 aromatic rings. The molecule has 0 radical (unpaired) electrons. The molecular weight excluding hydrogens is 216 g/mol. The lowest BCUT2D eigenvalue weighted by atomic mass is 10.3. The molecule has 1 heterocycles. The smallest absolute Gasteiger partial charge is 0.171 e. The quantitative estimate of drug-likeness (QED) is 0.839. The first kappa shape index (κ1) is 11.6. The largest absolute Gasteiger partial charge is 0.486 e. The minimum Gasteiger partial charge on any atom is -0.486 e. The zero-order valence-corrected chi connectivity index (χ0v) is 9.84. The zero-order chi connectivity index (χ0) is 12.1. The number of hydrogen-bond donors (Lipinski definition) is 1. The Bertz CT molecular complexity index is 467. The maximum Gasteiger partial charge on any atom is 0.171 e. The summed E-state index contributed by atoms with van der Waals surface area (Å²) in [6, 6.07) is 9.65. The fourth-order valence-corrected chi connectivity index (χ4v) is 1.62. The Kier molecular flexibility index (Phi) is 3.72. The third-order valence-corrected chi connectivity index (χ3v) is 2.48. The number of hydrogen-bond acceptors (Lipinski definition) is 4. The van der Waals surface area contributed by atoms with Gasteiger partial charge >= 0.3 is 0 Å². The van der Waals surface area contributed by atoms with Crippen LogP contribution in [-0.4, -0.2) is 21.3 Å². The summed E-state index contributed by atoms with van der Waals surface area (Å²) in [4.78, 5) is 0. The standard InChI is InChI=1S/C12H16N4O/c1-10-14-15-12(16(10)8-7-13)9-17-11-5-3-2-4-6-11/h2-6H,7-9,13H2,1H3. The molecule has 0 aliphatic carbocycles. The van der Waals surface area contributed by atoms with E-state index in [1.54, 1.807) is 0 Å². The number of rotatable bonds is 5. The van der Waals surface area contributed by atoms with E-state index in [1.807, 2.05) is 41.8 Å². The summed E-state index contributed by atoms with van der Waals surface area (Å²) in [5.74, 6) is 2.49. The van der Waals surface area contributed by atoms with Crippen LogP contribution in [-0.2, 0) is 13.2 Å². The van der Waals surface area contributed by atoms with E-state index < -0.39 is 0 Å². The molecule has 0 bridgehead atoms. The van der Waals surface area contributed by atoms with Crippen molar-refractivity contribution in [2.75, 3.05) is 6.54 Å². The summed E-state index contributed by atoms with van der Waals surface area (Å²) >= 11 is 0. The summed E-state index contributed by atoms with van der Waals surface area (Å²) < 4.78 is 7.60. The van der Waals surface area contributed by atoms with E-state index in [1.165, 1.54) is 0 Å². The molecule has 1 aromatic carbocycles. The van der Waals surface area contributed by atoms with Crippen LogP contribution < -0.4 is 10.5 Å². The minimum atomic E-state index is 0.408. The SMILES string of the molecule is Cc1nnc(COc2ccccc2)n1CCN. The molecule has 17 heavy (non-hydrogen) atoms. The average molecular weight is 232 g/mol. The third kappa shape index (κ3) is 2.82. The Labute approximate surface area is 100 Å². The molecular formula is C12H16N4O. The molecule has 0 unspecified atom stereocenters. The first-order valence-electron chi connectivity index (χ1n) is 5.58. The molecule has 90 valence electrons. The summed E-state index contributed by atoms with van der Waals surface area (Å²) in [5, 5.41) is 8.11. The lowest BCUT2D eigenvalue weighted by Gasteiger charge is -2.08. The normalized spacial score (nSPS) is 10.5. The first-order valence-corrected chi connectivity index (χ1v) is 5.58. The van der Waals surface area contributed by atoms with Crippen LogP contribution in [0.25, 0.3) is 0 Å². The van der Waals surface area contributed by atoms with Gasteiger partial charge in [-0.05, 0) is 19.1 Å². The number of nitrogens with zero attached hydrogens (tertiary/aromatic N) is 3. The molecule has 5 nitrogen and oxygen atoms in total. The van der Waals surface area contributed by atoms with E-state index in [0.29, 0.717) is 19.7 Å². The maximum atomic E-state index is 5.63. The highest BCUT2D eigenvalue weighted by atomic mass is 16.5. The van der Waals surface area contributed by atoms with Crippen LogP contribution in [0.15, 0.2) is 30.3 Å².